The SMILES string of the molecule is CC1CC(F)(F)CN(C(=O)c2nn(CC(F)(F)F)cc2-c2ncccn2)C1CNc1ncc(C(F)(F)F)cn1. The minimum Gasteiger partial charge on any atom is -0.352 e. The first-order valence-corrected chi connectivity index (χ1v) is 11.4. The second-order valence-electron chi connectivity index (χ2n) is 8.99. The second kappa shape index (κ2) is 10.3. The molecule has 0 bridgehead atoms. The van der Waals surface area contributed by atoms with E-state index in [9.17, 15) is 39.9 Å². The van der Waals surface area contributed by atoms with Gasteiger partial charge in [-0.15, -0.1) is 0 Å². The van der Waals surface area contributed by atoms with Gasteiger partial charge in [0.15, 0.2) is 11.5 Å². The van der Waals surface area contributed by atoms with E-state index in [1.807, 2.05) is 0 Å². The van der Waals surface area contributed by atoms with Gasteiger partial charge in [-0.25, -0.2) is 28.7 Å². The van der Waals surface area contributed by atoms with E-state index in [0.29, 0.717) is 17.1 Å². The maximum Gasteiger partial charge on any atom is 0.419 e. The van der Waals surface area contributed by atoms with Crippen molar-refractivity contribution in [3.63, 3.8) is 0 Å². The molecule has 0 spiro atoms. The van der Waals surface area contributed by atoms with Gasteiger partial charge in [0.25, 0.3) is 11.8 Å². The maximum atomic E-state index is 14.6. The average molecular weight is 564 g/mol. The minimum absolute atomic E-state index is 0.140. The molecule has 1 fully saturated rings. The topological polar surface area (TPSA) is 102 Å². The average Bonchev–Trinajstić information content (AvgIpc) is 3.24. The lowest BCUT2D eigenvalue weighted by atomic mass is 9.88. The van der Waals surface area contributed by atoms with Crippen LogP contribution in [0.5, 0.6) is 0 Å². The lowest BCUT2D eigenvalue weighted by Gasteiger charge is -2.43. The van der Waals surface area contributed by atoms with E-state index in [4.69, 9.17) is 0 Å². The van der Waals surface area contributed by atoms with Crippen LogP contribution in [0.1, 0.15) is 29.4 Å². The highest BCUT2D eigenvalue weighted by atomic mass is 19.4. The zero-order chi connectivity index (χ0) is 28.6. The molecule has 0 aromatic carbocycles. The first kappa shape index (κ1) is 28.1. The number of nitrogens with zero attached hydrogens (tertiary/aromatic N) is 7. The van der Waals surface area contributed by atoms with Gasteiger partial charge in [0.1, 0.15) is 6.54 Å². The van der Waals surface area contributed by atoms with E-state index >= 15 is 0 Å². The van der Waals surface area contributed by atoms with E-state index < -0.39 is 66.9 Å². The smallest absolute Gasteiger partial charge is 0.352 e. The summed E-state index contributed by atoms with van der Waals surface area (Å²) in [6.45, 7) is -1.42. The molecule has 1 aliphatic heterocycles. The quantitative estimate of drug-likeness (QED) is 0.446. The summed E-state index contributed by atoms with van der Waals surface area (Å²) in [6, 6.07) is 0.462. The molecule has 1 N–H and O–H groups in total. The fraction of sp³-hybridized carbons (Fsp3) is 0.455. The molecule has 2 unspecified atom stereocenters. The van der Waals surface area contributed by atoms with Crippen molar-refractivity contribution in [2.45, 2.75) is 44.2 Å². The number of nitrogens with one attached hydrogen (secondary N) is 1. The first-order chi connectivity index (χ1) is 18.1. The molecule has 39 heavy (non-hydrogen) atoms. The largest absolute Gasteiger partial charge is 0.419 e. The third kappa shape index (κ3) is 6.75. The van der Waals surface area contributed by atoms with E-state index in [1.54, 1.807) is 0 Å². The van der Waals surface area contributed by atoms with Crippen molar-refractivity contribution in [3.05, 3.63) is 48.3 Å². The van der Waals surface area contributed by atoms with Crippen LogP contribution in [0.25, 0.3) is 11.4 Å². The molecular weight excluding hydrogens is 544 g/mol. The fourth-order valence-electron chi connectivity index (χ4n) is 4.22. The molecule has 1 aliphatic rings. The second-order valence-corrected chi connectivity index (χ2v) is 8.99. The van der Waals surface area contributed by atoms with Crippen LogP contribution in [-0.4, -0.2) is 71.8 Å². The Morgan fingerprint density at radius 2 is 1.72 bits per heavy atom. The number of rotatable bonds is 6. The number of halogens is 8. The number of carbonyl (C=O) groups excluding carboxylic acids is 1. The Labute approximate surface area is 215 Å². The van der Waals surface area contributed by atoms with Crippen LogP contribution in [0.3, 0.4) is 0 Å². The maximum absolute atomic E-state index is 14.6. The van der Waals surface area contributed by atoms with Crippen LogP contribution in [0, 0.1) is 5.92 Å². The van der Waals surface area contributed by atoms with E-state index in [-0.39, 0.29) is 23.9 Å². The summed E-state index contributed by atoms with van der Waals surface area (Å²) in [4.78, 5) is 29.4. The molecule has 17 heteroatoms. The number of aromatic nitrogens is 6. The lowest BCUT2D eigenvalue weighted by molar-refractivity contribution is -0.142. The Bertz CT molecular complexity index is 1290. The standard InChI is InChI=1S/C22H20F8N8O/c1-12-5-20(23,24)10-38(15(12)8-35-19-33-6-13(7-34-19)22(28,29)30)18(39)16-14(17-31-3-2-4-32-17)9-37(36-16)11-21(25,26)27/h2-4,6-7,9,12,15H,5,8,10-11H2,1H3,(H,33,34,35). The van der Waals surface area contributed by atoms with Gasteiger partial charge < -0.3 is 10.2 Å². The van der Waals surface area contributed by atoms with Gasteiger partial charge in [-0.2, -0.15) is 31.4 Å². The predicted octanol–water partition coefficient (Wildman–Crippen LogP) is 4.31. The Morgan fingerprint density at radius 1 is 1.08 bits per heavy atom. The first-order valence-electron chi connectivity index (χ1n) is 11.4. The predicted molar refractivity (Wildman–Crippen MR) is 118 cm³/mol. The molecule has 1 amide bonds. The third-order valence-corrected chi connectivity index (χ3v) is 5.90. The number of likely N-dealkylation sites (tertiary alicyclic amines) is 1. The van der Waals surface area contributed by atoms with E-state index in [2.05, 4.69) is 30.4 Å². The van der Waals surface area contributed by atoms with Crippen LogP contribution in [0.15, 0.2) is 37.1 Å². The Morgan fingerprint density at radius 3 is 2.31 bits per heavy atom. The summed E-state index contributed by atoms with van der Waals surface area (Å²) in [6.07, 6.45) is -5.43. The number of hydrogen-bond donors (Lipinski definition) is 1. The van der Waals surface area contributed by atoms with Gasteiger partial charge in [-0.05, 0) is 12.0 Å². The Balaban J connectivity index is 1.65. The van der Waals surface area contributed by atoms with Crippen LogP contribution in [0.4, 0.5) is 41.1 Å². The van der Waals surface area contributed by atoms with Crippen molar-refractivity contribution in [2.75, 3.05) is 18.4 Å². The molecule has 2 atom stereocenters. The molecule has 1 saturated heterocycles. The van der Waals surface area contributed by atoms with Crippen molar-refractivity contribution in [1.29, 1.82) is 0 Å². The highest BCUT2D eigenvalue weighted by molar-refractivity contribution is 5.98. The molecule has 0 aliphatic carbocycles. The zero-order valence-electron chi connectivity index (χ0n) is 20.0. The van der Waals surface area contributed by atoms with Crippen LogP contribution in [0.2, 0.25) is 0 Å². The van der Waals surface area contributed by atoms with Gasteiger partial charge >= 0.3 is 12.4 Å². The number of carbonyl (C=O) groups is 1. The molecule has 4 heterocycles. The van der Waals surface area contributed by atoms with Crippen LogP contribution in [-0.2, 0) is 12.7 Å². The van der Waals surface area contributed by atoms with Crippen molar-refractivity contribution in [1.82, 2.24) is 34.6 Å². The van der Waals surface area contributed by atoms with Gasteiger partial charge in [0, 0.05) is 43.9 Å². The molecular formula is C22H20F8N8O. The number of amides is 1. The van der Waals surface area contributed by atoms with E-state index in [0.717, 1.165) is 11.1 Å². The molecule has 3 aromatic heterocycles. The summed E-state index contributed by atoms with van der Waals surface area (Å²) in [5.41, 5.74) is -1.85. The molecule has 4 rings (SSSR count). The summed E-state index contributed by atoms with van der Waals surface area (Å²) < 4.78 is 107. The fourth-order valence-corrected chi connectivity index (χ4v) is 4.22. The highest BCUT2D eigenvalue weighted by Gasteiger charge is 2.47. The highest BCUT2D eigenvalue weighted by Crippen LogP contribution is 2.36. The van der Waals surface area contributed by atoms with Gasteiger partial charge in [-0.1, -0.05) is 6.92 Å². The molecule has 9 nitrogen and oxygen atoms in total. The van der Waals surface area contributed by atoms with Gasteiger partial charge in [-0.3, -0.25) is 9.48 Å². The van der Waals surface area contributed by atoms with Crippen molar-refractivity contribution >= 4 is 11.9 Å². The van der Waals surface area contributed by atoms with E-state index in [1.165, 1.54) is 25.4 Å². The van der Waals surface area contributed by atoms with Crippen molar-refractivity contribution in [2.24, 2.45) is 5.92 Å². The van der Waals surface area contributed by atoms with Crippen LogP contribution >= 0.6 is 0 Å². The third-order valence-electron chi connectivity index (χ3n) is 5.90. The van der Waals surface area contributed by atoms with Gasteiger partial charge in [0.05, 0.1) is 23.7 Å². The summed E-state index contributed by atoms with van der Waals surface area (Å²) in [7, 11) is 0. The zero-order valence-corrected chi connectivity index (χ0v) is 20.0. The summed E-state index contributed by atoms with van der Waals surface area (Å²) >= 11 is 0. The minimum atomic E-state index is -4.69. The molecule has 3 aromatic rings. The molecule has 0 saturated carbocycles. The number of anilines is 1. The number of alkyl halides is 8. The van der Waals surface area contributed by atoms with Crippen molar-refractivity contribution < 1.29 is 39.9 Å². The molecule has 210 valence electrons. The number of piperidine rings is 1. The lowest BCUT2D eigenvalue weighted by Crippen LogP contribution is -2.57. The molecule has 0 radical (unpaired) electrons. The van der Waals surface area contributed by atoms with Crippen molar-refractivity contribution in [3.8, 4) is 11.4 Å². The van der Waals surface area contributed by atoms with Gasteiger partial charge in [0.2, 0.25) is 5.95 Å². The Kier molecular flexibility index (Phi) is 7.44. The number of hydrogen-bond acceptors (Lipinski definition) is 7. The summed E-state index contributed by atoms with van der Waals surface area (Å²) in [5, 5.41) is 6.38. The Hall–Kier alpha value is -3.92. The normalized spacial score (nSPS) is 19.7. The monoisotopic (exact) mass is 564 g/mol. The van der Waals surface area contributed by atoms with Crippen LogP contribution < -0.4 is 5.32 Å². The summed E-state index contributed by atoms with van der Waals surface area (Å²) in [5.74, 6) is -5.64.